The lowest BCUT2D eigenvalue weighted by Crippen LogP contribution is -2.41. The van der Waals surface area contributed by atoms with Crippen LogP contribution in [-0.4, -0.2) is 41.6 Å². The number of aliphatic carboxylic acids is 1. The molecule has 5 heteroatoms. The number of carboxylic acids is 1. The van der Waals surface area contributed by atoms with E-state index < -0.39 is 12.0 Å². The molecule has 3 rings (SSSR count). The molecule has 1 N–H and O–H groups in total. The maximum Gasteiger partial charge on any atom is 0.326 e. The number of carboxylic acid groups (broad SMARTS) is 1. The van der Waals surface area contributed by atoms with Crippen LogP contribution in [-0.2, 0) is 16.0 Å². The fraction of sp³-hybridized carbons (Fsp3) is 0.556. The highest BCUT2D eigenvalue weighted by atomic mass is 16.5. The van der Waals surface area contributed by atoms with Crippen LogP contribution in [0.3, 0.4) is 0 Å². The van der Waals surface area contributed by atoms with Crippen LogP contribution in [0.2, 0.25) is 0 Å². The van der Waals surface area contributed by atoms with Gasteiger partial charge < -0.3 is 14.7 Å². The average Bonchev–Trinajstić information content (AvgIpc) is 3.04. The van der Waals surface area contributed by atoms with E-state index >= 15 is 0 Å². The van der Waals surface area contributed by atoms with Crippen molar-refractivity contribution < 1.29 is 19.4 Å². The molecule has 0 bridgehead atoms. The van der Waals surface area contributed by atoms with E-state index in [1.807, 2.05) is 6.07 Å². The minimum Gasteiger partial charge on any atom is -0.497 e. The fourth-order valence-corrected chi connectivity index (χ4v) is 3.88. The molecule has 1 amide bonds. The van der Waals surface area contributed by atoms with Gasteiger partial charge in [0, 0.05) is 13.0 Å². The van der Waals surface area contributed by atoms with E-state index in [0.717, 1.165) is 31.4 Å². The van der Waals surface area contributed by atoms with E-state index in [1.54, 1.807) is 12.0 Å². The number of likely N-dealkylation sites (tertiary alicyclic amines) is 1. The highest BCUT2D eigenvalue weighted by Gasteiger charge is 2.35. The van der Waals surface area contributed by atoms with Gasteiger partial charge in [0.05, 0.1) is 7.11 Å². The van der Waals surface area contributed by atoms with E-state index in [2.05, 4.69) is 12.1 Å². The van der Waals surface area contributed by atoms with E-state index in [0.29, 0.717) is 19.4 Å². The smallest absolute Gasteiger partial charge is 0.326 e. The topological polar surface area (TPSA) is 66.8 Å². The molecule has 1 heterocycles. The Bertz CT molecular complexity index is 613. The number of hydrogen-bond acceptors (Lipinski definition) is 3. The Balaban J connectivity index is 1.74. The molecule has 1 aliphatic carbocycles. The minimum atomic E-state index is -0.885. The molecular formula is C18H23NO4. The van der Waals surface area contributed by atoms with Crippen molar-refractivity contribution in [2.24, 2.45) is 0 Å². The van der Waals surface area contributed by atoms with Crippen molar-refractivity contribution in [3.63, 3.8) is 0 Å². The molecule has 0 aromatic heterocycles. The molecule has 1 aromatic rings. The van der Waals surface area contributed by atoms with Crippen LogP contribution in [0.5, 0.6) is 5.75 Å². The molecule has 0 unspecified atom stereocenters. The van der Waals surface area contributed by atoms with Crippen LogP contribution in [0.15, 0.2) is 18.2 Å². The van der Waals surface area contributed by atoms with Gasteiger partial charge in [0.15, 0.2) is 0 Å². The quantitative estimate of drug-likeness (QED) is 0.927. The summed E-state index contributed by atoms with van der Waals surface area (Å²) >= 11 is 0. The van der Waals surface area contributed by atoms with E-state index in [1.165, 1.54) is 11.1 Å². The lowest BCUT2D eigenvalue weighted by Gasteiger charge is -2.28. The van der Waals surface area contributed by atoms with Gasteiger partial charge in [-0.15, -0.1) is 0 Å². The third-order valence-electron chi connectivity index (χ3n) is 5.07. The number of rotatable bonds is 4. The van der Waals surface area contributed by atoms with Crippen LogP contribution in [0.4, 0.5) is 0 Å². The number of amides is 1. The Morgan fingerprint density at radius 3 is 2.87 bits per heavy atom. The Labute approximate surface area is 136 Å². The average molecular weight is 317 g/mol. The third kappa shape index (κ3) is 3.19. The van der Waals surface area contributed by atoms with Crippen LogP contribution in [0.25, 0.3) is 0 Å². The van der Waals surface area contributed by atoms with Gasteiger partial charge in [-0.2, -0.15) is 0 Å². The normalized spacial score (nSPS) is 23.4. The number of carbonyl (C=O) groups is 2. The second-order valence-electron chi connectivity index (χ2n) is 6.44. The van der Waals surface area contributed by atoms with Crippen LogP contribution < -0.4 is 4.74 Å². The molecule has 2 atom stereocenters. The van der Waals surface area contributed by atoms with E-state index in [4.69, 9.17) is 4.74 Å². The first-order chi connectivity index (χ1) is 11.1. The van der Waals surface area contributed by atoms with Crippen LogP contribution >= 0.6 is 0 Å². The van der Waals surface area contributed by atoms with Crippen molar-refractivity contribution in [2.75, 3.05) is 13.7 Å². The van der Waals surface area contributed by atoms with Crippen molar-refractivity contribution in [1.29, 1.82) is 0 Å². The summed E-state index contributed by atoms with van der Waals surface area (Å²) in [6, 6.07) is 5.42. The molecule has 1 saturated heterocycles. The number of benzene rings is 1. The fourth-order valence-electron chi connectivity index (χ4n) is 3.88. The molecule has 0 spiro atoms. The van der Waals surface area contributed by atoms with Crippen molar-refractivity contribution in [3.05, 3.63) is 29.3 Å². The van der Waals surface area contributed by atoms with Gasteiger partial charge in [-0.25, -0.2) is 4.79 Å². The zero-order valence-corrected chi connectivity index (χ0v) is 13.5. The first-order valence-corrected chi connectivity index (χ1v) is 8.29. The minimum absolute atomic E-state index is 0.0245. The SMILES string of the molecule is COc1ccc2c(c1)CCC[C@@H]2CC(=O)N1CCC[C@H]1C(=O)O. The number of carbonyl (C=O) groups excluding carboxylic acids is 1. The van der Waals surface area contributed by atoms with Gasteiger partial charge in [-0.1, -0.05) is 6.07 Å². The number of fused-ring (bicyclic) bond motifs is 1. The molecule has 1 fully saturated rings. The summed E-state index contributed by atoms with van der Waals surface area (Å²) in [7, 11) is 1.66. The molecule has 2 aliphatic rings. The highest BCUT2D eigenvalue weighted by molar-refractivity contribution is 5.84. The molecular weight excluding hydrogens is 294 g/mol. The zero-order chi connectivity index (χ0) is 16.4. The Morgan fingerprint density at radius 2 is 2.13 bits per heavy atom. The largest absolute Gasteiger partial charge is 0.497 e. The summed E-state index contributed by atoms with van der Waals surface area (Å²) in [5, 5.41) is 9.25. The van der Waals surface area contributed by atoms with Gasteiger partial charge in [-0.3, -0.25) is 4.79 Å². The standard InChI is InChI=1S/C18H23NO4/c1-23-14-7-8-15-12(10-14)4-2-5-13(15)11-17(20)19-9-3-6-16(19)18(21)22/h7-8,10,13,16H,2-6,9,11H2,1H3,(H,21,22)/t13-,16+/m1/s1. The molecule has 0 radical (unpaired) electrons. The maximum absolute atomic E-state index is 12.6. The number of ether oxygens (including phenoxy) is 1. The first kappa shape index (κ1) is 15.8. The predicted molar refractivity (Wildman–Crippen MR) is 85.7 cm³/mol. The lowest BCUT2D eigenvalue weighted by atomic mass is 9.80. The monoisotopic (exact) mass is 317 g/mol. The zero-order valence-electron chi connectivity index (χ0n) is 13.5. The maximum atomic E-state index is 12.6. The van der Waals surface area contributed by atoms with Crippen LogP contribution in [0.1, 0.15) is 49.1 Å². The Kier molecular flexibility index (Phi) is 4.55. The van der Waals surface area contributed by atoms with Gasteiger partial charge >= 0.3 is 5.97 Å². The van der Waals surface area contributed by atoms with Gasteiger partial charge in [0.1, 0.15) is 11.8 Å². The molecule has 0 saturated carbocycles. The third-order valence-corrected chi connectivity index (χ3v) is 5.07. The summed E-state index contributed by atoms with van der Waals surface area (Å²) in [6.45, 7) is 0.567. The van der Waals surface area contributed by atoms with Crippen LogP contribution in [0, 0.1) is 0 Å². The van der Waals surface area contributed by atoms with Crippen molar-refractivity contribution >= 4 is 11.9 Å². The van der Waals surface area contributed by atoms with E-state index in [9.17, 15) is 14.7 Å². The molecule has 1 aromatic carbocycles. The highest BCUT2D eigenvalue weighted by Crippen LogP contribution is 2.36. The van der Waals surface area contributed by atoms with Crippen molar-refractivity contribution in [3.8, 4) is 5.75 Å². The second-order valence-corrected chi connectivity index (χ2v) is 6.44. The number of aryl methyl sites for hydroxylation is 1. The lowest BCUT2D eigenvalue weighted by molar-refractivity contribution is -0.148. The molecule has 23 heavy (non-hydrogen) atoms. The summed E-state index contributed by atoms with van der Waals surface area (Å²) in [5.41, 5.74) is 2.47. The number of nitrogens with zero attached hydrogens (tertiary/aromatic N) is 1. The van der Waals surface area contributed by atoms with Gasteiger partial charge in [0.2, 0.25) is 5.91 Å². The second kappa shape index (κ2) is 6.60. The molecule has 5 nitrogen and oxygen atoms in total. The van der Waals surface area contributed by atoms with Gasteiger partial charge in [-0.05, 0) is 61.3 Å². The number of methoxy groups -OCH3 is 1. The summed E-state index contributed by atoms with van der Waals surface area (Å²) in [6.07, 6.45) is 4.81. The predicted octanol–water partition coefficient (Wildman–Crippen LogP) is 2.58. The van der Waals surface area contributed by atoms with E-state index in [-0.39, 0.29) is 11.8 Å². The first-order valence-electron chi connectivity index (χ1n) is 8.29. The summed E-state index contributed by atoms with van der Waals surface area (Å²) in [5.74, 6) is 0.126. The van der Waals surface area contributed by atoms with Gasteiger partial charge in [0.25, 0.3) is 0 Å². The number of hydrogen-bond donors (Lipinski definition) is 1. The summed E-state index contributed by atoms with van der Waals surface area (Å²) < 4.78 is 5.28. The Hall–Kier alpha value is -2.04. The van der Waals surface area contributed by atoms with Crippen molar-refractivity contribution in [1.82, 2.24) is 4.90 Å². The molecule has 1 aliphatic heterocycles. The Morgan fingerprint density at radius 1 is 1.30 bits per heavy atom. The molecule has 124 valence electrons. The van der Waals surface area contributed by atoms with Crippen molar-refractivity contribution in [2.45, 2.75) is 50.5 Å². The summed E-state index contributed by atoms with van der Waals surface area (Å²) in [4.78, 5) is 25.4.